The second-order valence-electron chi connectivity index (χ2n) is 6.99. The van der Waals surface area contributed by atoms with Crippen LogP contribution in [-0.4, -0.2) is 40.3 Å². The molecule has 0 fully saturated rings. The number of para-hydroxylation sites is 2. The van der Waals surface area contributed by atoms with Crippen LogP contribution in [0.4, 0.5) is 5.69 Å². The van der Waals surface area contributed by atoms with Crippen molar-refractivity contribution in [3.63, 3.8) is 0 Å². The molecular weight excluding hydrogens is 424 g/mol. The highest BCUT2D eigenvalue weighted by Crippen LogP contribution is 2.29. The predicted octanol–water partition coefficient (Wildman–Crippen LogP) is 3.76. The minimum absolute atomic E-state index is 0.0727. The molecule has 9 heteroatoms. The van der Waals surface area contributed by atoms with E-state index in [2.05, 4.69) is 10.0 Å². The van der Waals surface area contributed by atoms with E-state index < -0.39 is 16.1 Å². The molecule has 0 spiro atoms. The van der Waals surface area contributed by atoms with E-state index in [1.165, 1.54) is 23.9 Å². The van der Waals surface area contributed by atoms with Crippen molar-refractivity contribution in [2.24, 2.45) is 5.92 Å². The van der Waals surface area contributed by atoms with Gasteiger partial charge < -0.3 is 14.8 Å². The molecule has 1 atom stereocenters. The second kappa shape index (κ2) is 10.7. The number of ether oxygens (including phenoxy) is 2. The van der Waals surface area contributed by atoms with Crippen molar-refractivity contribution < 1.29 is 22.7 Å². The lowest BCUT2D eigenvalue weighted by Gasteiger charge is -2.18. The summed E-state index contributed by atoms with van der Waals surface area (Å²) in [5, 5.41) is 2.80. The quantitative estimate of drug-likeness (QED) is 0.533. The third-order valence-electron chi connectivity index (χ3n) is 4.18. The zero-order valence-corrected chi connectivity index (χ0v) is 19.4. The molecule has 0 aliphatic carbocycles. The zero-order chi connectivity index (χ0) is 22.3. The number of hydrogen-bond donors (Lipinski definition) is 2. The van der Waals surface area contributed by atoms with Crippen molar-refractivity contribution in [2.45, 2.75) is 36.6 Å². The van der Waals surface area contributed by atoms with Gasteiger partial charge in [-0.25, -0.2) is 13.1 Å². The summed E-state index contributed by atoms with van der Waals surface area (Å²) in [4.78, 5) is 12.9. The first-order valence-corrected chi connectivity index (χ1v) is 12.2. The molecule has 0 aromatic heterocycles. The first-order chi connectivity index (χ1) is 14.2. The van der Waals surface area contributed by atoms with Gasteiger partial charge >= 0.3 is 0 Å². The summed E-state index contributed by atoms with van der Waals surface area (Å²) in [7, 11) is -2.26. The molecule has 164 valence electrons. The monoisotopic (exact) mass is 452 g/mol. The van der Waals surface area contributed by atoms with E-state index in [0.717, 1.165) is 4.90 Å². The van der Waals surface area contributed by atoms with Gasteiger partial charge in [-0.05, 0) is 43.5 Å². The summed E-state index contributed by atoms with van der Waals surface area (Å²) < 4.78 is 39.2. The number of sulfonamides is 1. The third-order valence-corrected chi connectivity index (χ3v) is 6.56. The van der Waals surface area contributed by atoms with Gasteiger partial charge in [0.25, 0.3) is 0 Å². The Labute approximate surface area is 182 Å². The minimum atomic E-state index is -3.80. The molecule has 2 N–H and O–H groups in total. The van der Waals surface area contributed by atoms with Gasteiger partial charge in [0.05, 0.1) is 23.7 Å². The first-order valence-electron chi connectivity index (χ1n) is 9.45. The van der Waals surface area contributed by atoms with Crippen LogP contribution in [0, 0.1) is 5.92 Å². The maximum absolute atomic E-state index is 12.8. The van der Waals surface area contributed by atoms with Gasteiger partial charge in [0, 0.05) is 10.8 Å². The highest BCUT2D eigenvalue weighted by atomic mass is 32.2. The average molecular weight is 453 g/mol. The van der Waals surface area contributed by atoms with Crippen LogP contribution in [0.5, 0.6) is 11.5 Å². The van der Waals surface area contributed by atoms with E-state index in [1.54, 1.807) is 46.1 Å². The smallest absolute Gasteiger partial charge is 0.241 e. The number of methoxy groups -OCH3 is 1. The Morgan fingerprint density at radius 2 is 1.77 bits per heavy atom. The summed E-state index contributed by atoms with van der Waals surface area (Å²) in [5.41, 5.74) is 0.474. The van der Waals surface area contributed by atoms with Gasteiger partial charge in [-0.15, -0.1) is 11.8 Å². The highest BCUT2D eigenvalue weighted by molar-refractivity contribution is 7.98. The van der Waals surface area contributed by atoms with E-state index in [9.17, 15) is 13.2 Å². The predicted molar refractivity (Wildman–Crippen MR) is 120 cm³/mol. The molecule has 7 nitrogen and oxygen atoms in total. The van der Waals surface area contributed by atoms with Crippen LogP contribution in [-0.2, 0) is 14.8 Å². The molecule has 2 rings (SSSR count). The van der Waals surface area contributed by atoms with Crippen LogP contribution in [0.3, 0.4) is 0 Å². The van der Waals surface area contributed by atoms with Gasteiger partial charge in [-0.1, -0.05) is 26.0 Å². The Morgan fingerprint density at radius 3 is 2.37 bits per heavy atom. The lowest BCUT2D eigenvalue weighted by Crippen LogP contribution is -2.36. The van der Waals surface area contributed by atoms with Crippen molar-refractivity contribution in [1.82, 2.24) is 4.72 Å². The number of rotatable bonds is 10. The Balaban J connectivity index is 2.13. The average Bonchev–Trinajstić information content (AvgIpc) is 2.71. The number of carbonyl (C=O) groups is 1. The number of amides is 1. The Morgan fingerprint density at radius 1 is 1.10 bits per heavy atom. The zero-order valence-electron chi connectivity index (χ0n) is 17.8. The molecular formula is C21H28N2O5S2. The molecule has 0 aliphatic heterocycles. The number of thioether (sulfide) groups is 1. The molecule has 0 heterocycles. The van der Waals surface area contributed by atoms with Crippen molar-refractivity contribution >= 4 is 33.4 Å². The van der Waals surface area contributed by atoms with Crippen molar-refractivity contribution in [1.29, 1.82) is 0 Å². The van der Waals surface area contributed by atoms with Crippen molar-refractivity contribution in [3.8, 4) is 11.5 Å². The normalized spacial score (nSPS) is 12.5. The second-order valence-corrected chi connectivity index (χ2v) is 9.55. The highest BCUT2D eigenvalue weighted by Gasteiger charge is 2.20. The molecule has 0 saturated heterocycles. The maximum atomic E-state index is 12.8. The van der Waals surface area contributed by atoms with Crippen LogP contribution in [0.1, 0.15) is 20.8 Å². The maximum Gasteiger partial charge on any atom is 0.241 e. The molecule has 30 heavy (non-hydrogen) atoms. The fraction of sp³-hybridized carbons (Fsp3) is 0.381. The number of carbonyl (C=O) groups excluding carboxylic acids is 1. The lowest BCUT2D eigenvalue weighted by atomic mass is 10.2. The van der Waals surface area contributed by atoms with E-state index in [1.807, 2.05) is 18.4 Å². The van der Waals surface area contributed by atoms with Crippen LogP contribution >= 0.6 is 11.8 Å². The van der Waals surface area contributed by atoms with E-state index in [-0.39, 0.29) is 23.3 Å². The van der Waals surface area contributed by atoms with Gasteiger partial charge in [-0.3, -0.25) is 4.79 Å². The molecule has 2 aromatic rings. The largest absolute Gasteiger partial charge is 0.493 e. The summed E-state index contributed by atoms with van der Waals surface area (Å²) >= 11 is 1.43. The topological polar surface area (TPSA) is 93.7 Å². The van der Waals surface area contributed by atoms with E-state index in [0.29, 0.717) is 17.2 Å². The summed E-state index contributed by atoms with van der Waals surface area (Å²) in [6.45, 7) is 5.39. The van der Waals surface area contributed by atoms with Crippen LogP contribution in [0.2, 0.25) is 0 Å². The van der Waals surface area contributed by atoms with E-state index >= 15 is 0 Å². The molecule has 2 aromatic carbocycles. The molecule has 0 saturated carbocycles. The van der Waals surface area contributed by atoms with Crippen LogP contribution in [0.25, 0.3) is 0 Å². The molecule has 1 amide bonds. The van der Waals surface area contributed by atoms with Gasteiger partial charge in [0.15, 0.2) is 11.5 Å². The molecule has 0 bridgehead atoms. The molecule has 0 radical (unpaired) electrons. The number of benzene rings is 2. The summed E-state index contributed by atoms with van der Waals surface area (Å²) in [5.74, 6) is 0.719. The minimum Gasteiger partial charge on any atom is -0.493 e. The van der Waals surface area contributed by atoms with Crippen molar-refractivity contribution in [3.05, 3.63) is 42.5 Å². The summed E-state index contributed by atoms with van der Waals surface area (Å²) in [6, 6.07) is 11.3. The van der Waals surface area contributed by atoms with Gasteiger partial charge in [0.1, 0.15) is 6.61 Å². The summed E-state index contributed by atoms with van der Waals surface area (Å²) in [6.07, 6.45) is 1.87. The van der Waals surface area contributed by atoms with E-state index in [4.69, 9.17) is 9.47 Å². The van der Waals surface area contributed by atoms with Crippen LogP contribution < -0.4 is 19.5 Å². The molecule has 0 aliphatic rings. The fourth-order valence-corrected chi connectivity index (χ4v) is 4.34. The Bertz CT molecular complexity index is 977. The third kappa shape index (κ3) is 6.38. The fourth-order valence-electron chi connectivity index (χ4n) is 2.55. The number of nitrogens with one attached hydrogen (secondary N) is 2. The first kappa shape index (κ1) is 24.0. The van der Waals surface area contributed by atoms with Gasteiger partial charge in [0.2, 0.25) is 15.9 Å². The Hall–Kier alpha value is -2.23. The van der Waals surface area contributed by atoms with Crippen molar-refractivity contribution in [2.75, 3.05) is 25.3 Å². The number of hydrogen-bond acceptors (Lipinski definition) is 6. The Kier molecular flexibility index (Phi) is 8.57. The SMILES string of the molecule is COc1ccccc1OC[C@@H](C)NS(=O)(=O)c1ccc(SC)c(NC(=O)C(C)C)c1. The standard InChI is InChI=1S/C21H28N2O5S2/c1-14(2)21(24)22-17-12-16(10-11-20(17)29-5)30(25,26)23-15(3)13-28-19-9-7-6-8-18(19)27-4/h6-12,14-15,23H,13H2,1-5H3,(H,22,24)/t15-/m1/s1. The van der Waals surface area contributed by atoms with Gasteiger partial charge in [-0.2, -0.15) is 0 Å². The van der Waals surface area contributed by atoms with Crippen LogP contribution in [0.15, 0.2) is 52.3 Å². The molecule has 0 unspecified atom stereocenters. The lowest BCUT2D eigenvalue weighted by molar-refractivity contribution is -0.118. The number of anilines is 1.